The van der Waals surface area contributed by atoms with Crippen molar-refractivity contribution in [1.82, 2.24) is 0 Å². The summed E-state index contributed by atoms with van der Waals surface area (Å²) in [6, 6.07) is 6.38. The fraction of sp³-hybridized carbons (Fsp3) is 0.167. The minimum Gasteiger partial charge on any atom is -0.0802 e. The third-order valence-corrected chi connectivity index (χ3v) is 2.07. The molecule has 1 rings (SSSR count). The lowest BCUT2D eigenvalue weighted by atomic mass is 10.5. The lowest BCUT2D eigenvalue weighted by Gasteiger charge is -1.82. The van der Waals surface area contributed by atoms with Gasteiger partial charge in [0.05, 0.1) is 0 Å². The number of hydrogen-bond donors (Lipinski definition) is 0. The van der Waals surface area contributed by atoms with Gasteiger partial charge in [-0.15, -0.1) is 0 Å². The highest BCUT2D eigenvalue weighted by Crippen LogP contribution is 1.85. The molecule has 0 saturated carbocycles. The molecule has 0 spiro atoms. The summed E-state index contributed by atoms with van der Waals surface area (Å²) < 4.78 is 0. The summed E-state index contributed by atoms with van der Waals surface area (Å²) >= 11 is 0. The maximum Gasteiger partial charge on any atom is 0.0236 e. The minimum atomic E-state index is 0.503. The lowest BCUT2D eigenvalue weighted by molar-refractivity contribution is 1.59. The van der Waals surface area contributed by atoms with Gasteiger partial charge in [-0.05, 0) is 6.92 Å². The molecule has 1 heteroatoms. The quantitative estimate of drug-likeness (QED) is 0.436. The standard InChI is InChI=1S/C6H8Si/c1-6-4-2-3-5-7-6/h2-5,7H,1H3. The van der Waals surface area contributed by atoms with Crippen LogP contribution in [-0.2, 0) is 0 Å². The Morgan fingerprint density at radius 3 is 2.57 bits per heavy atom. The summed E-state index contributed by atoms with van der Waals surface area (Å²) in [6.07, 6.45) is 0. The van der Waals surface area contributed by atoms with Gasteiger partial charge in [0.15, 0.2) is 0 Å². The average Bonchev–Trinajstić information content (AvgIpc) is 1.69. The van der Waals surface area contributed by atoms with Crippen molar-refractivity contribution in [3.63, 3.8) is 0 Å². The van der Waals surface area contributed by atoms with E-state index in [2.05, 4.69) is 30.8 Å². The Kier molecular flexibility index (Phi) is 1.37. The van der Waals surface area contributed by atoms with Gasteiger partial charge in [0.2, 0.25) is 0 Å². The summed E-state index contributed by atoms with van der Waals surface area (Å²) in [5.74, 6) is 0. The molecule has 0 saturated heterocycles. The van der Waals surface area contributed by atoms with Crippen LogP contribution in [0, 0.1) is 6.92 Å². The predicted octanol–water partition coefficient (Wildman–Crippen LogP) is 1.07. The fourth-order valence-corrected chi connectivity index (χ4v) is 1.30. The van der Waals surface area contributed by atoms with E-state index in [1.807, 2.05) is 0 Å². The third-order valence-electron chi connectivity index (χ3n) is 0.940. The average molecular weight is 108 g/mol. The first-order valence-corrected chi connectivity index (χ1v) is 3.65. The fourth-order valence-electron chi connectivity index (χ4n) is 0.534. The zero-order valence-electron chi connectivity index (χ0n) is 4.39. The highest BCUT2D eigenvalue weighted by molar-refractivity contribution is 6.30. The summed E-state index contributed by atoms with van der Waals surface area (Å²) in [5.41, 5.74) is 2.25. The maximum absolute atomic E-state index is 2.25. The van der Waals surface area contributed by atoms with Crippen molar-refractivity contribution < 1.29 is 0 Å². The van der Waals surface area contributed by atoms with E-state index >= 15 is 0 Å². The van der Waals surface area contributed by atoms with Crippen molar-refractivity contribution in [1.29, 1.82) is 0 Å². The van der Waals surface area contributed by atoms with Gasteiger partial charge >= 0.3 is 0 Å². The summed E-state index contributed by atoms with van der Waals surface area (Å²) in [7, 11) is 0.503. The van der Waals surface area contributed by atoms with E-state index in [1.165, 1.54) is 5.17 Å². The highest BCUT2D eigenvalue weighted by atomic mass is 28.2. The molecule has 0 aliphatic rings. The van der Waals surface area contributed by atoms with Gasteiger partial charge in [-0.2, -0.15) is 0 Å². The Labute approximate surface area is 45.9 Å². The summed E-state index contributed by atoms with van der Waals surface area (Å²) in [5, 5.41) is 1.53. The van der Waals surface area contributed by atoms with E-state index in [1.54, 1.807) is 0 Å². The Hall–Kier alpha value is -0.433. The molecular formula is C6H8Si. The molecule has 0 aliphatic heterocycles. The first-order valence-electron chi connectivity index (χ1n) is 2.41. The predicted molar refractivity (Wildman–Crippen MR) is 33.9 cm³/mol. The zero-order valence-corrected chi connectivity index (χ0v) is 5.54. The third kappa shape index (κ3) is 1.24. The Bertz CT molecular complexity index is 134. The van der Waals surface area contributed by atoms with Crippen LogP contribution in [0.3, 0.4) is 0 Å². The number of hydrogen-bond acceptors (Lipinski definition) is 0. The molecule has 0 N–H and O–H groups in total. The van der Waals surface area contributed by atoms with Gasteiger partial charge in [-0.25, -0.2) is 0 Å². The molecule has 1 aromatic rings. The van der Waals surface area contributed by atoms with E-state index in [4.69, 9.17) is 0 Å². The van der Waals surface area contributed by atoms with E-state index in [0.717, 1.165) is 0 Å². The van der Waals surface area contributed by atoms with E-state index in [9.17, 15) is 0 Å². The number of rotatable bonds is 0. The van der Waals surface area contributed by atoms with Crippen LogP contribution in [0.2, 0.25) is 0 Å². The van der Waals surface area contributed by atoms with Gasteiger partial charge in [-0.3, -0.25) is 0 Å². The Morgan fingerprint density at radius 2 is 2.29 bits per heavy atom. The minimum absolute atomic E-state index is 0.503. The van der Waals surface area contributed by atoms with Crippen molar-refractivity contribution in [3.8, 4) is 0 Å². The van der Waals surface area contributed by atoms with Crippen molar-refractivity contribution >= 4 is 9.12 Å². The van der Waals surface area contributed by atoms with Gasteiger partial charge in [0.25, 0.3) is 0 Å². The molecule has 0 unspecified atom stereocenters. The molecule has 0 fully saturated rings. The van der Waals surface area contributed by atoms with Gasteiger partial charge < -0.3 is 0 Å². The first-order chi connectivity index (χ1) is 3.39. The first kappa shape index (κ1) is 4.72. The molecule has 7 heavy (non-hydrogen) atoms. The topological polar surface area (TPSA) is 0 Å². The van der Waals surface area contributed by atoms with Crippen LogP contribution in [0.25, 0.3) is 0 Å². The number of aryl methyl sites for hydroxylation is 1. The van der Waals surface area contributed by atoms with E-state index in [-0.39, 0.29) is 0 Å². The normalized spacial score (nSPS) is 8.71. The van der Waals surface area contributed by atoms with Crippen molar-refractivity contribution in [2.45, 2.75) is 6.92 Å². The summed E-state index contributed by atoms with van der Waals surface area (Å²) in [6.45, 7) is 2.18. The van der Waals surface area contributed by atoms with E-state index in [0.29, 0.717) is 9.12 Å². The van der Waals surface area contributed by atoms with Gasteiger partial charge in [-0.1, -0.05) is 29.1 Å². The van der Waals surface area contributed by atoms with Crippen molar-refractivity contribution in [3.05, 3.63) is 29.1 Å². The van der Waals surface area contributed by atoms with Crippen LogP contribution in [0.15, 0.2) is 23.9 Å². The van der Waals surface area contributed by atoms with Crippen LogP contribution in [0.5, 0.6) is 0 Å². The molecular weight excluding hydrogens is 100 g/mol. The second-order valence-electron chi connectivity index (χ2n) is 1.65. The monoisotopic (exact) mass is 108 g/mol. The molecule has 0 amide bonds. The van der Waals surface area contributed by atoms with Crippen LogP contribution in [0.1, 0.15) is 5.17 Å². The molecule has 0 atom stereocenters. The molecule has 0 aromatic carbocycles. The molecule has 1 heterocycles. The second-order valence-corrected chi connectivity index (χ2v) is 3.28. The molecule has 36 valence electrons. The summed E-state index contributed by atoms with van der Waals surface area (Å²) in [4.78, 5) is 0. The smallest absolute Gasteiger partial charge is 0.0236 e. The largest absolute Gasteiger partial charge is 0.0802 e. The van der Waals surface area contributed by atoms with Crippen LogP contribution < -0.4 is 0 Å². The van der Waals surface area contributed by atoms with Crippen molar-refractivity contribution in [2.24, 2.45) is 0 Å². The van der Waals surface area contributed by atoms with Crippen LogP contribution >= 0.6 is 0 Å². The van der Waals surface area contributed by atoms with Gasteiger partial charge in [0.1, 0.15) is 0 Å². The Morgan fingerprint density at radius 1 is 1.43 bits per heavy atom. The molecule has 0 radical (unpaired) electrons. The molecule has 1 aromatic heterocycles. The molecule has 0 nitrogen and oxygen atoms in total. The maximum atomic E-state index is 2.25. The second kappa shape index (κ2) is 2.03. The van der Waals surface area contributed by atoms with Gasteiger partial charge in [0, 0.05) is 9.12 Å². The van der Waals surface area contributed by atoms with Crippen molar-refractivity contribution in [2.75, 3.05) is 0 Å². The lowest BCUT2D eigenvalue weighted by Crippen LogP contribution is -1.74. The molecule has 0 aliphatic carbocycles. The highest BCUT2D eigenvalue weighted by Gasteiger charge is 1.72. The SMILES string of the molecule is Cc1cccc[siH]1. The van der Waals surface area contributed by atoms with Crippen LogP contribution in [0.4, 0.5) is 0 Å². The zero-order chi connectivity index (χ0) is 5.11. The Balaban J connectivity index is 3.02. The van der Waals surface area contributed by atoms with E-state index < -0.39 is 0 Å². The van der Waals surface area contributed by atoms with Crippen LogP contribution in [-0.4, -0.2) is 9.12 Å². The molecule has 0 bridgehead atoms.